The van der Waals surface area contributed by atoms with Crippen LogP contribution in [-0.4, -0.2) is 89.0 Å². The molecule has 1 unspecified atom stereocenters. The van der Waals surface area contributed by atoms with E-state index in [1.54, 1.807) is 6.92 Å². The summed E-state index contributed by atoms with van der Waals surface area (Å²) in [5.74, 6) is -0.532. The van der Waals surface area contributed by atoms with E-state index in [2.05, 4.69) is 35.6 Å². The Balaban J connectivity index is 1.52. The molecule has 0 saturated carbocycles. The number of aliphatic hydroxyl groups excluding tert-OH is 1. The molecule has 0 spiro atoms. The van der Waals surface area contributed by atoms with Crippen LogP contribution in [0.2, 0.25) is 0 Å². The number of carbonyl (C=O) groups is 2. The molecule has 2 aromatic rings. The summed E-state index contributed by atoms with van der Waals surface area (Å²) in [5, 5.41) is 19.5. The average molecular weight is 570 g/mol. The van der Waals surface area contributed by atoms with Crippen molar-refractivity contribution in [3.8, 4) is 0 Å². The molecule has 218 valence electrons. The number of aliphatic hydroxyl groups is 1. The minimum atomic E-state index is -3.19. The molecule has 2 aromatic heterocycles. The predicted octanol–water partition coefficient (Wildman–Crippen LogP) is -0.535. The van der Waals surface area contributed by atoms with E-state index >= 15 is 0 Å². The molecule has 39 heavy (non-hydrogen) atoms. The van der Waals surface area contributed by atoms with E-state index in [0.29, 0.717) is 50.1 Å². The molecule has 16 heteroatoms. The number of anilines is 2. The number of nitrogens with one attached hydrogen (secondary N) is 4. The topological polar surface area (TPSA) is 215 Å². The van der Waals surface area contributed by atoms with Gasteiger partial charge in [0.1, 0.15) is 17.7 Å². The number of ether oxygens (including phenoxy) is 1. The third kappa shape index (κ3) is 8.45. The summed E-state index contributed by atoms with van der Waals surface area (Å²) in [7, 11) is -3.19. The predicted molar refractivity (Wildman–Crippen MR) is 145 cm³/mol. The number of rotatable bonds is 14. The van der Waals surface area contributed by atoms with Gasteiger partial charge in [0.2, 0.25) is 27.8 Å². The second-order valence-electron chi connectivity index (χ2n) is 9.97. The molecule has 1 aliphatic rings. The number of carbonyl (C=O) groups excluding carboxylic acids is 2. The van der Waals surface area contributed by atoms with Gasteiger partial charge >= 0.3 is 0 Å². The van der Waals surface area contributed by atoms with Crippen LogP contribution < -0.4 is 26.4 Å². The average Bonchev–Trinajstić information content (AvgIpc) is 3.39. The molecule has 2 amide bonds. The highest BCUT2D eigenvalue weighted by Gasteiger charge is 2.46. The number of aromatic nitrogens is 4. The third-order valence-electron chi connectivity index (χ3n) is 6.18. The summed E-state index contributed by atoms with van der Waals surface area (Å²) in [4.78, 5) is 37.5. The van der Waals surface area contributed by atoms with Crippen molar-refractivity contribution in [1.29, 1.82) is 0 Å². The van der Waals surface area contributed by atoms with Crippen LogP contribution >= 0.6 is 0 Å². The molecular formula is C23H39N9O6S. The van der Waals surface area contributed by atoms with Crippen molar-refractivity contribution in [3.63, 3.8) is 0 Å². The van der Waals surface area contributed by atoms with E-state index in [4.69, 9.17) is 10.5 Å². The first-order valence-corrected chi connectivity index (χ1v) is 14.9. The van der Waals surface area contributed by atoms with Gasteiger partial charge in [0.15, 0.2) is 17.7 Å². The van der Waals surface area contributed by atoms with Gasteiger partial charge in [0.05, 0.1) is 12.6 Å². The van der Waals surface area contributed by atoms with Crippen molar-refractivity contribution in [3.05, 3.63) is 6.33 Å². The molecule has 0 aliphatic carbocycles. The third-order valence-corrected chi connectivity index (χ3v) is 6.91. The normalized spacial score (nSPS) is 21.4. The van der Waals surface area contributed by atoms with Crippen molar-refractivity contribution >= 4 is 44.8 Å². The van der Waals surface area contributed by atoms with Gasteiger partial charge in [-0.15, -0.1) is 0 Å². The molecule has 1 saturated heterocycles. The lowest BCUT2D eigenvalue weighted by Gasteiger charge is -2.17. The summed E-state index contributed by atoms with van der Waals surface area (Å²) in [6, 6.07) is -0.0687. The molecule has 0 radical (unpaired) electrons. The van der Waals surface area contributed by atoms with Crippen LogP contribution in [0.25, 0.3) is 11.2 Å². The maximum atomic E-state index is 12.5. The summed E-state index contributed by atoms with van der Waals surface area (Å²) in [5.41, 5.74) is 6.75. The van der Waals surface area contributed by atoms with Crippen molar-refractivity contribution in [1.82, 2.24) is 34.9 Å². The molecule has 0 aromatic carbocycles. The zero-order valence-corrected chi connectivity index (χ0v) is 23.5. The first kappa shape index (κ1) is 30.5. The van der Waals surface area contributed by atoms with Crippen LogP contribution in [0.4, 0.5) is 11.8 Å². The second kappa shape index (κ2) is 13.3. The van der Waals surface area contributed by atoms with E-state index in [1.807, 2.05) is 13.8 Å². The number of sulfonamides is 1. The summed E-state index contributed by atoms with van der Waals surface area (Å²) < 4.78 is 31.9. The Kier molecular flexibility index (Phi) is 10.4. The molecule has 1 aliphatic heterocycles. The molecule has 3 heterocycles. The number of amides is 2. The number of hydrogen-bond acceptors (Lipinski definition) is 11. The number of nitrogens with two attached hydrogens (primary N) is 1. The summed E-state index contributed by atoms with van der Waals surface area (Å²) in [6.45, 7) is 6.45. The van der Waals surface area contributed by atoms with E-state index in [-0.39, 0.29) is 29.6 Å². The van der Waals surface area contributed by atoms with Crippen molar-refractivity contribution in [2.75, 3.05) is 36.9 Å². The quantitative estimate of drug-likeness (QED) is 0.159. The number of nitrogens with zero attached hydrogens (tertiary/aromatic N) is 4. The Morgan fingerprint density at radius 2 is 1.92 bits per heavy atom. The van der Waals surface area contributed by atoms with Gasteiger partial charge in [0.25, 0.3) is 0 Å². The van der Waals surface area contributed by atoms with Crippen LogP contribution in [0, 0.1) is 5.92 Å². The highest BCUT2D eigenvalue weighted by atomic mass is 32.2. The van der Waals surface area contributed by atoms with Gasteiger partial charge in [-0.1, -0.05) is 13.3 Å². The highest BCUT2D eigenvalue weighted by molar-refractivity contribution is 7.88. The summed E-state index contributed by atoms with van der Waals surface area (Å²) in [6.07, 6.45) is 2.23. The number of nitrogen functional groups attached to an aromatic ring is 1. The Morgan fingerprint density at radius 1 is 1.18 bits per heavy atom. The fraction of sp³-hybridized carbons (Fsp3) is 0.696. The van der Waals surface area contributed by atoms with Crippen molar-refractivity contribution in [2.45, 2.75) is 70.9 Å². The van der Waals surface area contributed by atoms with Gasteiger partial charge in [-0.2, -0.15) is 9.97 Å². The van der Waals surface area contributed by atoms with Gasteiger partial charge in [-0.25, -0.2) is 18.1 Å². The van der Waals surface area contributed by atoms with Gasteiger partial charge in [-0.05, 0) is 26.7 Å². The first-order chi connectivity index (χ1) is 18.4. The zero-order valence-electron chi connectivity index (χ0n) is 22.7. The molecule has 0 bridgehead atoms. The lowest BCUT2D eigenvalue weighted by atomic mass is 9.99. The Hall–Kier alpha value is -3.08. The van der Waals surface area contributed by atoms with Gasteiger partial charge < -0.3 is 31.5 Å². The van der Waals surface area contributed by atoms with Crippen LogP contribution in [-0.2, 0) is 24.3 Å². The fourth-order valence-electron chi connectivity index (χ4n) is 4.20. The molecule has 4 atom stereocenters. The molecular weight excluding hydrogens is 530 g/mol. The number of hydrogen-bond donors (Lipinski definition) is 6. The molecule has 3 rings (SSSR count). The van der Waals surface area contributed by atoms with Gasteiger partial charge in [0, 0.05) is 38.0 Å². The highest BCUT2D eigenvalue weighted by Crippen LogP contribution is 2.36. The number of fused-ring (bicyclic) bond motifs is 1. The number of unbranched alkanes of at least 4 members (excludes halogenated alkanes) is 2. The van der Waals surface area contributed by atoms with E-state index < -0.39 is 34.4 Å². The summed E-state index contributed by atoms with van der Waals surface area (Å²) >= 11 is 0. The Bertz CT molecular complexity index is 1250. The molecule has 1 fully saturated rings. The minimum Gasteiger partial charge on any atom is -0.388 e. The molecule has 7 N–H and O–H groups in total. The largest absolute Gasteiger partial charge is 0.388 e. The lowest BCUT2D eigenvalue weighted by molar-refractivity contribution is -0.136. The standard InChI is InChI=1S/C23H39N9O6S/c1-13(2)29-21(35)18-14(3)17(34)22(38-18)32-12-27-16-19(24)30-23(31-20(16)32)26-11-10-25-15(33)8-6-5-7-9-28-39(4,36)37/h12-14,17-18,22,28,34H,5-11H2,1-4H3,(H,25,33)(H,29,35)(H3,24,26,30,31)/t14-,17+,18-,22?/m0/s1. The SMILES string of the molecule is CC(C)NC(=O)[C@H]1OC(n2cnc3c(N)nc(NCCNC(=O)CCCCCNS(C)(=O)=O)nc32)[C@H](O)[C@@H]1C. The van der Waals surface area contributed by atoms with Crippen molar-refractivity contribution < 1.29 is 27.9 Å². The maximum absolute atomic E-state index is 12.5. The van der Waals surface area contributed by atoms with Crippen molar-refractivity contribution in [2.24, 2.45) is 5.92 Å². The van der Waals surface area contributed by atoms with Crippen LogP contribution in [0.3, 0.4) is 0 Å². The number of imidazole rings is 1. The first-order valence-electron chi connectivity index (χ1n) is 13.0. The molecule has 15 nitrogen and oxygen atoms in total. The van der Waals surface area contributed by atoms with E-state index in [9.17, 15) is 23.1 Å². The maximum Gasteiger partial charge on any atom is 0.249 e. The van der Waals surface area contributed by atoms with Crippen LogP contribution in [0.1, 0.15) is 52.7 Å². The van der Waals surface area contributed by atoms with E-state index in [1.165, 1.54) is 10.9 Å². The smallest absolute Gasteiger partial charge is 0.249 e. The van der Waals surface area contributed by atoms with Crippen LogP contribution in [0.15, 0.2) is 6.33 Å². The second-order valence-corrected chi connectivity index (χ2v) is 11.8. The van der Waals surface area contributed by atoms with E-state index in [0.717, 1.165) is 12.7 Å². The van der Waals surface area contributed by atoms with Gasteiger partial charge in [-0.3, -0.25) is 14.2 Å². The monoisotopic (exact) mass is 569 g/mol. The zero-order chi connectivity index (χ0) is 28.7. The lowest BCUT2D eigenvalue weighted by Crippen LogP contribution is -2.41. The Morgan fingerprint density at radius 3 is 2.62 bits per heavy atom. The van der Waals surface area contributed by atoms with Crippen LogP contribution in [0.5, 0.6) is 0 Å². The fourth-order valence-corrected chi connectivity index (χ4v) is 4.72. The Labute approximate surface area is 227 Å². The minimum absolute atomic E-state index is 0.0687.